The molecular weight excluding hydrogens is 236 g/mol. The molecular formula is C16H22N2O. The average Bonchev–Trinajstić information content (AvgIpc) is 2.48. The molecule has 0 spiro atoms. The highest BCUT2D eigenvalue weighted by atomic mass is 16.2. The van der Waals surface area contributed by atoms with Crippen molar-refractivity contribution in [2.75, 3.05) is 5.32 Å². The number of fused-ring (bicyclic) bond motifs is 1. The number of carbonyl (C=O) groups is 1. The number of para-hydroxylation sites is 1. The first kappa shape index (κ1) is 12.7. The molecule has 2 aliphatic rings. The highest BCUT2D eigenvalue weighted by molar-refractivity contribution is 5.94. The maximum absolute atomic E-state index is 12.3. The van der Waals surface area contributed by atoms with Crippen LogP contribution in [0.5, 0.6) is 0 Å². The molecule has 1 aromatic carbocycles. The fourth-order valence-corrected chi connectivity index (χ4v) is 3.45. The largest absolute Gasteiger partial charge is 0.325 e. The van der Waals surface area contributed by atoms with E-state index < -0.39 is 0 Å². The summed E-state index contributed by atoms with van der Waals surface area (Å²) in [7, 11) is 0. The number of amides is 1. The van der Waals surface area contributed by atoms with Gasteiger partial charge in [-0.1, -0.05) is 31.0 Å². The highest BCUT2D eigenvalue weighted by Gasteiger charge is 2.34. The molecule has 2 N–H and O–H groups in total. The Hall–Kier alpha value is -1.35. The Kier molecular flexibility index (Phi) is 3.83. The van der Waals surface area contributed by atoms with Gasteiger partial charge in [0.1, 0.15) is 0 Å². The van der Waals surface area contributed by atoms with Crippen molar-refractivity contribution in [2.24, 2.45) is 5.92 Å². The topological polar surface area (TPSA) is 41.1 Å². The fraction of sp³-hybridized carbons (Fsp3) is 0.562. The minimum atomic E-state index is -0.0143. The number of carbonyl (C=O) groups excluding carboxylic acids is 1. The van der Waals surface area contributed by atoms with Crippen LogP contribution in [0.3, 0.4) is 0 Å². The molecule has 1 aliphatic heterocycles. The van der Waals surface area contributed by atoms with Crippen molar-refractivity contribution < 1.29 is 4.79 Å². The van der Waals surface area contributed by atoms with E-state index in [1.54, 1.807) is 0 Å². The summed E-state index contributed by atoms with van der Waals surface area (Å²) < 4.78 is 0. The third kappa shape index (κ3) is 2.98. The zero-order chi connectivity index (χ0) is 13.1. The third-order valence-electron chi connectivity index (χ3n) is 4.51. The summed E-state index contributed by atoms with van der Waals surface area (Å²) in [6, 6.07) is 10.3. The summed E-state index contributed by atoms with van der Waals surface area (Å²) in [5.41, 5.74) is 0.889. The Bertz CT molecular complexity index is 432. The van der Waals surface area contributed by atoms with E-state index in [1.165, 1.54) is 32.1 Å². The lowest BCUT2D eigenvalue weighted by Gasteiger charge is -2.39. The Morgan fingerprint density at radius 2 is 1.84 bits per heavy atom. The Morgan fingerprint density at radius 1 is 1.05 bits per heavy atom. The molecule has 1 amide bonds. The molecule has 0 radical (unpaired) electrons. The van der Waals surface area contributed by atoms with Crippen molar-refractivity contribution in [3.8, 4) is 0 Å². The number of piperidine rings is 1. The molecule has 102 valence electrons. The van der Waals surface area contributed by atoms with Crippen LogP contribution >= 0.6 is 0 Å². The zero-order valence-electron chi connectivity index (χ0n) is 11.3. The minimum absolute atomic E-state index is 0.0143. The van der Waals surface area contributed by atoms with Crippen LogP contribution in [0, 0.1) is 5.92 Å². The SMILES string of the molecule is O=C(Nc1ccccc1)C1CCC2CCCCC2N1. The van der Waals surface area contributed by atoms with Gasteiger partial charge in [0.05, 0.1) is 6.04 Å². The second-order valence-electron chi connectivity index (χ2n) is 5.80. The van der Waals surface area contributed by atoms with Gasteiger partial charge in [-0.3, -0.25) is 4.79 Å². The first-order valence-electron chi connectivity index (χ1n) is 7.45. The molecule has 1 aromatic rings. The van der Waals surface area contributed by atoms with Gasteiger partial charge in [-0.25, -0.2) is 0 Å². The summed E-state index contributed by atoms with van der Waals surface area (Å²) in [6.45, 7) is 0. The minimum Gasteiger partial charge on any atom is -0.325 e. The molecule has 3 atom stereocenters. The predicted octanol–water partition coefficient (Wildman–Crippen LogP) is 2.94. The normalized spacial score (nSPS) is 30.4. The number of hydrogen-bond donors (Lipinski definition) is 2. The molecule has 2 fully saturated rings. The molecule has 1 saturated heterocycles. The van der Waals surface area contributed by atoms with Crippen molar-refractivity contribution in [3.63, 3.8) is 0 Å². The van der Waals surface area contributed by atoms with Gasteiger partial charge >= 0.3 is 0 Å². The second-order valence-corrected chi connectivity index (χ2v) is 5.80. The molecule has 1 saturated carbocycles. The molecule has 0 bridgehead atoms. The molecule has 1 heterocycles. The van der Waals surface area contributed by atoms with Crippen LogP contribution < -0.4 is 10.6 Å². The van der Waals surface area contributed by atoms with Gasteiger partial charge in [0, 0.05) is 11.7 Å². The molecule has 3 unspecified atom stereocenters. The molecule has 3 rings (SSSR count). The van der Waals surface area contributed by atoms with Crippen molar-refractivity contribution in [1.82, 2.24) is 5.32 Å². The van der Waals surface area contributed by atoms with Crippen LogP contribution in [-0.2, 0) is 4.79 Å². The average molecular weight is 258 g/mol. The van der Waals surface area contributed by atoms with Gasteiger partial charge in [0.25, 0.3) is 0 Å². The van der Waals surface area contributed by atoms with E-state index in [0.29, 0.717) is 6.04 Å². The summed E-state index contributed by atoms with van der Waals surface area (Å²) in [5.74, 6) is 0.921. The van der Waals surface area contributed by atoms with Crippen LogP contribution in [0.15, 0.2) is 30.3 Å². The lowest BCUT2D eigenvalue weighted by molar-refractivity contribution is -0.119. The van der Waals surface area contributed by atoms with E-state index in [1.807, 2.05) is 30.3 Å². The van der Waals surface area contributed by atoms with Gasteiger partial charge in [-0.15, -0.1) is 0 Å². The highest BCUT2D eigenvalue weighted by Crippen LogP contribution is 2.32. The number of hydrogen-bond acceptors (Lipinski definition) is 2. The van der Waals surface area contributed by atoms with E-state index in [4.69, 9.17) is 0 Å². The number of anilines is 1. The number of benzene rings is 1. The van der Waals surface area contributed by atoms with Crippen molar-refractivity contribution >= 4 is 11.6 Å². The quantitative estimate of drug-likeness (QED) is 0.856. The molecule has 1 aliphatic carbocycles. The van der Waals surface area contributed by atoms with Gasteiger partial charge in [0.15, 0.2) is 0 Å². The van der Waals surface area contributed by atoms with Crippen molar-refractivity contribution in [1.29, 1.82) is 0 Å². The van der Waals surface area contributed by atoms with Gasteiger partial charge in [-0.05, 0) is 43.7 Å². The smallest absolute Gasteiger partial charge is 0.241 e. The van der Waals surface area contributed by atoms with Crippen LogP contribution in [0.25, 0.3) is 0 Å². The third-order valence-corrected chi connectivity index (χ3v) is 4.51. The Balaban J connectivity index is 1.59. The Morgan fingerprint density at radius 3 is 2.68 bits per heavy atom. The van der Waals surface area contributed by atoms with E-state index in [9.17, 15) is 4.79 Å². The number of rotatable bonds is 2. The monoisotopic (exact) mass is 258 g/mol. The van der Waals surface area contributed by atoms with Crippen LogP contribution in [0.2, 0.25) is 0 Å². The zero-order valence-corrected chi connectivity index (χ0v) is 11.3. The maximum atomic E-state index is 12.3. The number of nitrogens with one attached hydrogen (secondary N) is 2. The van der Waals surface area contributed by atoms with Crippen LogP contribution in [-0.4, -0.2) is 18.0 Å². The molecule has 19 heavy (non-hydrogen) atoms. The molecule has 3 heteroatoms. The van der Waals surface area contributed by atoms with Crippen LogP contribution in [0.1, 0.15) is 38.5 Å². The first-order valence-corrected chi connectivity index (χ1v) is 7.45. The van der Waals surface area contributed by atoms with E-state index in [0.717, 1.165) is 18.0 Å². The van der Waals surface area contributed by atoms with Gasteiger partial charge in [-0.2, -0.15) is 0 Å². The molecule has 3 nitrogen and oxygen atoms in total. The fourth-order valence-electron chi connectivity index (χ4n) is 3.45. The lowest BCUT2D eigenvalue weighted by Crippen LogP contribution is -2.53. The van der Waals surface area contributed by atoms with E-state index >= 15 is 0 Å². The molecule has 0 aromatic heterocycles. The van der Waals surface area contributed by atoms with E-state index in [-0.39, 0.29) is 11.9 Å². The van der Waals surface area contributed by atoms with Crippen LogP contribution in [0.4, 0.5) is 5.69 Å². The summed E-state index contributed by atoms with van der Waals surface area (Å²) in [5, 5.41) is 6.57. The van der Waals surface area contributed by atoms with Gasteiger partial charge in [0.2, 0.25) is 5.91 Å². The first-order chi connectivity index (χ1) is 9.33. The van der Waals surface area contributed by atoms with Gasteiger partial charge < -0.3 is 10.6 Å². The maximum Gasteiger partial charge on any atom is 0.241 e. The van der Waals surface area contributed by atoms with E-state index in [2.05, 4.69) is 10.6 Å². The lowest BCUT2D eigenvalue weighted by atomic mass is 9.77. The Labute approximate surface area is 114 Å². The second kappa shape index (κ2) is 5.74. The van der Waals surface area contributed by atoms with Crippen molar-refractivity contribution in [3.05, 3.63) is 30.3 Å². The summed E-state index contributed by atoms with van der Waals surface area (Å²) in [4.78, 5) is 12.3. The standard InChI is InChI=1S/C16H22N2O/c19-16(17-13-7-2-1-3-8-13)15-11-10-12-6-4-5-9-14(12)18-15/h1-3,7-8,12,14-15,18H,4-6,9-11H2,(H,17,19). The summed E-state index contributed by atoms with van der Waals surface area (Å²) in [6.07, 6.45) is 7.42. The summed E-state index contributed by atoms with van der Waals surface area (Å²) >= 11 is 0. The predicted molar refractivity (Wildman–Crippen MR) is 77.0 cm³/mol. The van der Waals surface area contributed by atoms with Crippen molar-refractivity contribution in [2.45, 2.75) is 50.6 Å².